The SMILES string of the molecule is CC(C)[C@H]1COC(c2ccccc2I(=O)=O)=N1. The van der Waals surface area contributed by atoms with E-state index in [4.69, 9.17) is 4.74 Å². The van der Waals surface area contributed by atoms with E-state index in [0.29, 0.717) is 27.6 Å². The van der Waals surface area contributed by atoms with Crippen molar-refractivity contribution < 1.29 is 10.9 Å². The number of hydrogen-bond acceptors (Lipinski definition) is 4. The minimum atomic E-state index is -3.50. The van der Waals surface area contributed by atoms with Crippen LogP contribution >= 0.6 is 19.8 Å². The molecule has 1 heterocycles. The number of nitrogens with zero attached hydrogens (tertiary/aromatic N) is 1. The van der Waals surface area contributed by atoms with Crippen LogP contribution in [-0.4, -0.2) is 18.5 Å². The monoisotopic (exact) mass is 347 g/mol. The molecule has 1 aliphatic heterocycles. The highest BCUT2D eigenvalue weighted by Crippen LogP contribution is 2.25. The Hall–Kier alpha value is -0.980. The lowest BCUT2D eigenvalue weighted by Crippen LogP contribution is -2.13. The van der Waals surface area contributed by atoms with Crippen molar-refractivity contribution >= 4 is 25.7 Å². The van der Waals surface area contributed by atoms with Crippen molar-refractivity contribution in [3.63, 3.8) is 0 Å². The van der Waals surface area contributed by atoms with E-state index >= 15 is 0 Å². The first-order valence-corrected chi connectivity index (χ1v) is 8.29. The summed E-state index contributed by atoms with van der Waals surface area (Å²) in [5, 5.41) is 0. The van der Waals surface area contributed by atoms with Crippen LogP contribution in [0.4, 0.5) is 0 Å². The van der Waals surface area contributed by atoms with Crippen LogP contribution in [0.2, 0.25) is 0 Å². The van der Waals surface area contributed by atoms with Gasteiger partial charge in [-0.3, -0.25) is 0 Å². The molecule has 0 unspecified atom stereocenters. The second kappa shape index (κ2) is 5.12. The number of aliphatic imine (C=N–C) groups is 1. The molecule has 1 atom stereocenters. The van der Waals surface area contributed by atoms with Crippen molar-refractivity contribution in [2.75, 3.05) is 6.61 Å². The van der Waals surface area contributed by atoms with Gasteiger partial charge in [-0.05, 0) is 18.1 Å². The topological polar surface area (TPSA) is 55.7 Å². The van der Waals surface area contributed by atoms with Gasteiger partial charge in [0, 0.05) is 0 Å². The fourth-order valence-corrected chi connectivity index (χ4v) is 3.03. The molecule has 0 saturated carbocycles. The Morgan fingerprint density at radius 2 is 2.06 bits per heavy atom. The molecule has 0 bridgehead atoms. The van der Waals surface area contributed by atoms with Gasteiger partial charge in [0.15, 0.2) is 0 Å². The van der Waals surface area contributed by atoms with Crippen LogP contribution in [0.25, 0.3) is 0 Å². The van der Waals surface area contributed by atoms with Gasteiger partial charge in [0.2, 0.25) is 5.90 Å². The number of ether oxygens (including phenoxy) is 1. The summed E-state index contributed by atoms with van der Waals surface area (Å²) in [6, 6.07) is 6.99. The molecule has 0 fully saturated rings. The quantitative estimate of drug-likeness (QED) is 0.790. The minimum absolute atomic E-state index is 0.124. The van der Waals surface area contributed by atoms with E-state index in [2.05, 4.69) is 18.8 Å². The Balaban J connectivity index is 2.39. The molecular weight excluding hydrogens is 333 g/mol. The first kappa shape index (κ1) is 12.5. The molecule has 17 heavy (non-hydrogen) atoms. The highest BCUT2D eigenvalue weighted by atomic mass is 127. The highest BCUT2D eigenvalue weighted by molar-refractivity contribution is 14.2. The van der Waals surface area contributed by atoms with Crippen LogP contribution in [0, 0.1) is 9.49 Å². The standard InChI is InChI=1S/C12H14INO3/c1-8(2)11-7-17-12(14-11)9-5-3-4-6-10(9)13(15)16/h3-6,8,11H,7H2,1-2H3/t11-/m1/s1. The first-order valence-electron chi connectivity index (χ1n) is 5.45. The van der Waals surface area contributed by atoms with Crippen LogP contribution in [0.3, 0.4) is 0 Å². The molecule has 4 nitrogen and oxygen atoms in total. The smallest absolute Gasteiger partial charge is 0.341 e. The number of hydrogen-bond donors (Lipinski definition) is 0. The zero-order valence-corrected chi connectivity index (χ0v) is 11.9. The summed E-state index contributed by atoms with van der Waals surface area (Å²) in [5.74, 6) is 0.863. The molecule has 1 aromatic carbocycles. The summed E-state index contributed by atoms with van der Waals surface area (Å²) in [5.41, 5.74) is 0.603. The van der Waals surface area contributed by atoms with Crippen molar-refractivity contribution in [3.05, 3.63) is 33.4 Å². The Morgan fingerprint density at radius 1 is 1.35 bits per heavy atom. The van der Waals surface area contributed by atoms with Gasteiger partial charge in [-0.1, -0.05) is 26.0 Å². The van der Waals surface area contributed by atoms with Gasteiger partial charge in [-0.2, -0.15) is 0 Å². The van der Waals surface area contributed by atoms with E-state index in [-0.39, 0.29) is 6.04 Å². The number of rotatable bonds is 3. The lowest BCUT2D eigenvalue weighted by atomic mass is 10.1. The molecule has 2 rings (SSSR count). The van der Waals surface area contributed by atoms with Gasteiger partial charge in [0.05, 0.1) is 15.2 Å². The summed E-state index contributed by atoms with van der Waals surface area (Å²) in [4.78, 5) is 4.44. The molecule has 92 valence electrons. The van der Waals surface area contributed by atoms with Crippen molar-refractivity contribution in [1.29, 1.82) is 0 Å². The van der Waals surface area contributed by atoms with Gasteiger partial charge < -0.3 is 4.74 Å². The fraction of sp³-hybridized carbons (Fsp3) is 0.417. The van der Waals surface area contributed by atoms with Crippen molar-refractivity contribution in [3.8, 4) is 0 Å². The van der Waals surface area contributed by atoms with E-state index in [1.807, 2.05) is 0 Å². The Labute approximate surface area is 107 Å². The van der Waals surface area contributed by atoms with Gasteiger partial charge in [0.1, 0.15) is 6.61 Å². The maximum Gasteiger partial charge on any atom is 0.341 e. The zero-order valence-electron chi connectivity index (χ0n) is 9.72. The second-order valence-electron chi connectivity index (χ2n) is 4.25. The Kier molecular flexibility index (Phi) is 3.76. The summed E-state index contributed by atoms with van der Waals surface area (Å²) >= 11 is -3.50. The van der Waals surface area contributed by atoms with Gasteiger partial charge in [0.25, 0.3) is 0 Å². The van der Waals surface area contributed by atoms with Crippen molar-refractivity contribution in [2.24, 2.45) is 10.9 Å². The van der Waals surface area contributed by atoms with Gasteiger partial charge >= 0.3 is 19.8 Å². The lowest BCUT2D eigenvalue weighted by molar-refractivity contribution is 0.291. The Bertz CT molecular complexity index is 512. The van der Waals surface area contributed by atoms with Crippen LogP contribution in [0.5, 0.6) is 0 Å². The summed E-state index contributed by atoms with van der Waals surface area (Å²) in [7, 11) is 0. The highest BCUT2D eigenvalue weighted by Gasteiger charge is 2.24. The third kappa shape index (κ3) is 2.65. The van der Waals surface area contributed by atoms with Crippen LogP contribution in [0.15, 0.2) is 29.3 Å². The molecule has 0 spiro atoms. The molecule has 0 radical (unpaired) electrons. The second-order valence-corrected chi connectivity index (χ2v) is 6.66. The zero-order chi connectivity index (χ0) is 12.4. The average molecular weight is 347 g/mol. The predicted octanol–water partition coefficient (Wildman–Crippen LogP) is 2.86. The van der Waals surface area contributed by atoms with E-state index in [1.165, 1.54) is 0 Å². The third-order valence-corrected chi connectivity index (χ3v) is 4.60. The molecular formula is C12H14INO3. The third-order valence-electron chi connectivity index (χ3n) is 2.71. The largest absolute Gasteiger partial charge is 0.475 e. The Morgan fingerprint density at radius 3 is 2.65 bits per heavy atom. The number of benzene rings is 1. The lowest BCUT2D eigenvalue weighted by Gasteiger charge is -2.06. The maximum atomic E-state index is 11.2. The molecule has 1 aliphatic rings. The molecule has 0 saturated heterocycles. The average Bonchev–Trinajstić information content (AvgIpc) is 2.78. The fourth-order valence-electron chi connectivity index (χ4n) is 1.65. The molecule has 1 aromatic rings. The van der Waals surface area contributed by atoms with E-state index in [9.17, 15) is 6.14 Å². The molecule has 0 N–H and O–H groups in total. The van der Waals surface area contributed by atoms with E-state index in [1.54, 1.807) is 24.3 Å². The van der Waals surface area contributed by atoms with Crippen LogP contribution < -0.4 is 0 Å². The minimum Gasteiger partial charge on any atom is -0.475 e. The summed E-state index contributed by atoms with van der Waals surface area (Å²) < 4.78 is 28.3. The van der Waals surface area contributed by atoms with Gasteiger partial charge in [-0.25, -0.2) is 11.1 Å². The predicted molar refractivity (Wildman–Crippen MR) is 71.6 cm³/mol. The summed E-state index contributed by atoms with van der Waals surface area (Å²) in [6.07, 6.45) is 0. The van der Waals surface area contributed by atoms with Gasteiger partial charge in [-0.15, -0.1) is 0 Å². The molecule has 0 aliphatic carbocycles. The van der Waals surface area contributed by atoms with E-state index < -0.39 is 19.8 Å². The van der Waals surface area contributed by atoms with E-state index in [0.717, 1.165) is 0 Å². The van der Waals surface area contributed by atoms with Crippen LogP contribution in [-0.2, 0) is 10.9 Å². The first-order chi connectivity index (χ1) is 8.09. The maximum absolute atomic E-state index is 11.2. The normalized spacial score (nSPS) is 19.5. The van der Waals surface area contributed by atoms with Crippen molar-refractivity contribution in [2.45, 2.75) is 19.9 Å². The molecule has 0 amide bonds. The molecule has 0 aromatic heterocycles. The number of halogens is 1. The summed E-state index contributed by atoms with van der Waals surface area (Å²) in [6.45, 7) is 4.69. The van der Waals surface area contributed by atoms with Crippen LogP contribution in [0.1, 0.15) is 19.4 Å². The van der Waals surface area contributed by atoms with Crippen molar-refractivity contribution in [1.82, 2.24) is 0 Å². The molecule has 5 heteroatoms.